The fraction of sp³-hybridized carbons (Fsp3) is 0.526. The van der Waals surface area contributed by atoms with Gasteiger partial charge in [0.2, 0.25) is 11.8 Å². The molecule has 2 amide bonds. The minimum Gasteiger partial charge on any atom is -0.366 e. The van der Waals surface area contributed by atoms with Crippen LogP contribution in [0.4, 0.5) is 14.5 Å². The van der Waals surface area contributed by atoms with Crippen molar-refractivity contribution in [1.29, 1.82) is 0 Å². The number of halogens is 3. The molecular formula is C19H26F2IN5O2. The second-order valence-corrected chi connectivity index (χ2v) is 6.84. The molecular weight excluding hydrogens is 495 g/mol. The van der Waals surface area contributed by atoms with Gasteiger partial charge in [0.1, 0.15) is 11.6 Å². The van der Waals surface area contributed by atoms with Crippen LogP contribution in [0, 0.1) is 11.6 Å². The van der Waals surface area contributed by atoms with E-state index in [4.69, 9.17) is 0 Å². The quantitative estimate of drug-likeness (QED) is 0.284. The Morgan fingerprint density at radius 1 is 1.10 bits per heavy atom. The van der Waals surface area contributed by atoms with Gasteiger partial charge in [0.05, 0.1) is 5.69 Å². The van der Waals surface area contributed by atoms with Crippen molar-refractivity contribution < 1.29 is 18.4 Å². The SMILES string of the molecule is CN=C(NCCN1C(=O)CCCC1=O)N1CCN(c2cc(F)ccc2F)CC1.I. The van der Waals surface area contributed by atoms with Crippen LogP contribution < -0.4 is 10.2 Å². The summed E-state index contributed by atoms with van der Waals surface area (Å²) in [5.41, 5.74) is 0.268. The molecule has 0 bridgehead atoms. The van der Waals surface area contributed by atoms with E-state index in [-0.39, 0.29) is 41.5 Å². The van der Waals surface area contributed by atoms with Crippen molar-refractivity contribution in [3.05, 3.63) is 29.8 Å². The first-order chi connectivity index (χ1) is 13.5. The Bertz CT molecular complexity index is 753. The minimum absolute atomic E-state index is 0. The van der Waals surface area contributed by atoms with Crippen molar-refractivity contribution in [1.82, 2.24) is 15.1 Å². The fourth-order valence-electron chi connectivity index (χ4n) is 3.55. The molecule has 0 spiro atoms. The number of rotatable bonds is 4. The maximum absolute atomic E-state index is 14.0. The van der Waals surface area contributed by atoms with Gasteiger partial charge in [0, 0.05) is 65.2 Å². The maximum Gasteiger partial charge on any atom is 0.229 e. The molecule has 2 fully saturated rings. The van der Waals surface area contributed by atoms with Crippen LogP contribution in [0.15, 0.2) is 23.2 Å². The molecule has 7 nitrogen and oxygen atoms in total. The molecule has 3 rings (SSSR count). The van der Waals surface area contributed by atoms with Crippen LogP contribution in [0.3, 0.4) is 0 Å². The van der Waals surface area contributed by atoms with E-state index in [0.29, 0.717) is 64.5 Å². The molecule has 0 atom stereocenters. The summed E-state index contributed by atoms with van der Waals surface area (Å²) in [7, 11) is 1.66. The minimum atomic E-state index is -0.460. The van der Waals surface area contributed by atoms with E-state index in [0.717, 1.165) is 12.1 Å². The summed E-state index contributed by atoms with van der Waals surface area (Å²) in [6.07, 6.45) is 1.46. The normalized spacial score (nSPS) is 18.0. The third kappa shape index (κ3) is 5.77. The third-order valence-electron chi connectivity index (χ3n) is 5.04. The molecule has 1 aromatic rings. The van der Waals surface area contributed by atoms with Crippen LogP contribution in [0.25, 0.3) is 0 Å². The first-order valence-corrected chi connectivity index (χ1v) is 9.48. The number of piperazine rings is 1. The molecule has 0 aromatic heterocycles. The van der Waals surface area contributed by atoms with Gasteiger partial charge in [0.15, 0.2) is 5.96 Å². The number of amides is 2. The Kier molecular flexibility index (Phi) is 8.60. The number of carbonyl (C=O) groups is 2. The molecule has 10 heteroatoms. The number of hydrogen-bond donors (Lipinski definition) is 1. The molecule has 2 saturated heterocycles. The molecule has 2 aliphatic heterocycles. The van der Waals surface area contributed by atoms with Crippen molar-refractivity contribution in [2.24, 2.45) is 4.99 Å². The number of likely N-dealkylation sites (tertiary alicyclic amines) is 1. The van der Waals surface area contributed by atoms with E-state index in [1.165, 1.54) is 11.0 Å². The highest BCUT2D eigenvalue weighted by Crippen LogP contribution is 2.22. The Balaban J connectivity index is 0.00000300. The smallest absolute Gasteiger partial charge is 0.229 e. The van der Waals surface area contributed by atoms with Gasteiger partial charge >= 0.3 is 0 Å². The van der Waals surface area contributed by atoms with Crippen molar-refractivity contribution in [2.75, 3.05) is 51.2 Å². The lowest BCUT2D eigenvalue weighted by Crippen LogP contribution is -2.54. The van der Waals surface area contributed by atoms with E-state index in [2.05, 4.69) is 10.3 Å². The molecule has 0 saturated carbocycles. The summed E-state index contributed by atoms with van der Waals surface area (Å²) in [6, 6.07) is 3.46. The van der Waals surface area contributed by atoms with Crippen molar-refractivity contribution >= 4 is 47.4 Å². The summed E-state index contributed by atoms with van der Waals surface area (Å²) in [6.45, 7) is 2.98. The zero-order valence-electron chi connectivity index (χ0n) is 16.4. The number of nitrogens with one attached hydrogen (secondary N) is 1. The summed E-state index contributed by atoms with van der Waals surface area (Å²) >= 11 is 0. The Hall–Kier alpha value is -1.98. The highest BCUT2D eigenvalue weighted by molar-refractivity contribution is 14.0. The number of hydrogen-bond acceptors (Lipinski definition) is 4. The molecule has 1 N–H and O–H groups in total. The third-order valence-corrected chi connectivity index (χ3v) is 5.04. The maximum atomic E-state index is 14.0. The van der Waals surface area contributed by atoms with Crippen molar-refractivity contribution in [3.8, 4) is 0 Å². The number of benzene rings is 1. The van der Waals surface area contributed by atoms with Crippen LogP contribution in [0.2, 0.25) is 0 Å². The van der Waals surface area contributed by atoms with E-state index in [9.17, 15) is 18.4 Å². The largest absolute Gasteiger partial charge is 0.366 e. The average Bonchev–Trinajstić information content (AvgIpc) is 2.69. The number of guanidine groups is 1. The zero-order valence-corrected chi connectivity index (χ0v) is 18.7. The van der Waals surface area contributed by atoms with Gasteiger partial charge < -0.3 is 15.1 Å². The first kappa shape index (κ1) is 23.3. The molecule has 0 radical (unpaired) electrons. The molecule has 160 valence electrons. The number of aliphatic imine (C=N–C) groups is 1. The van der Waals surface area contributed by atoms with Crippen LogP contribution in [-0.2, 0) is 9.59 Å². The predicted octanol–water partition coefficient (Wildman–Crippen LogP) is 1.82. The van der Waals surface area contributed by atoms with Crippen LogP contribution in [-0.4, -0.2) is 73.9 Å². The zero-order chi connectivity index (χ0) is 20.1. The highest BCUT2D eigenvalue weighted by atomic mass is 127. The van der Waals surface area contributed by atoms with Gasteiger partial charge in [-0.15, -0.1) is 24.0 Å². The summed E-state index contributed by atoms with van der Waals surface area (Å²) in [5, 5.41) is 3.18. The summed E-state index contributed by atoms with van der Waals surface area (Å²) in [5.74, 6) is -0.486. The standard InChI is InChI=1S/C19H25F2N5O2.HI/c1-22-19(23-7-8-26-17(27)3-2-4-18(26)28)25-11-9-24(10-12-25)16-13-14(20)5-6-15(16)21;/h5-6,13H,2-4,7-12H2,1H3,(H,22,23);1H. The second-order valence-electron chi connectivity index (χ2n) is 6.84. The molecule has 2 aliphatic rings. The summed E-state index contributed by atoms with van der Waals surface area (Å²) in [4.78, 5) is 33.1. The van der Waals surface area contributed by atoms with Gasteiger partial charge in [0.25, 0.3) is 0 Å². The highest BCUT2D eigenvalue weighted by Gasteiger charge is 2.26. The first-order valence-electron chi connectivity index (χ1n) is 9.48. The van der Waals surface area contributed by atoms with Crippen LogP contribution >= 0.6 is 24.0 Å². The molecule has 0 aliphatic carbocycles. The fourth-order valence-corrected chi connectivity index (χ4v) is 3.55. The lowest BCUT2D eigenvalue weighted by molar-refractivity contribution is -0.147. The Labute approximate surface area is 186 Å². The number of anilines is 1. The lowest BCUT2D eigenvalue weighted by Gasteiger charge is -2.38. The molecule has 0 unspecified atom stereocenters. The van der Waals surface area contributed by atoms with E-state index >= 15 is 0 Å². The summed E-state index contributed by atoms with van der Waals surface area (Å²) < 4.78 is 27.4. The van der Waals surface area contributed by atoms with Crippen molar-refractivity contribution in [3.63, 3.8) is 0 Å². The average molecular weight is 521 g/mol. The van der Waals surface area contributed by atoms with Crippen LogP contribution in [0.5, 0.6) is 0 Å². The second kappa shape index (κ2) is 10.7. The molecule has 1 aromatic carbocycles. The molecule has 2 heterocycles. The Morgan fingerprint density at radius 2 is 1.76 bits per heavy atom. The van der Waals surface area contributed by atoms with Gasteiger partial charge in [-0.1, -0.05) is 0 Å². The topological polar surface area (TPSA) is 68.2 Å². The van der Waals surface area contributed by atoms with Gasteiger partial charge in [-0.3, -0.25) is 19.5 Å². The van der Waals surface area contributed by atoms with Crippen molar-refractivity contribution in [2.45, 2.75) is 19.3 Å². The Morgan fingerprint density at radius 3 is 2.38 bits per heavy atom. The van der Waals surface area contributed by atoms with Gasteiger partial charge in [-0.2, -0.15) is 0 Å². The van der Waals surface area contributed by atoms with Crippen LogP contribution in [0.1, 0.15) is 19.3 Å². The van der Waals surface area contributed by atoms with E-state index < -0.39 is 11.6 Å². The monoisotopic (exact) mass is 521 g/mol. The number of nitrogens with zero attached hydrogens (tertiary/aromatic N) is 4. The molecule has 29 heavy (non-hydrogen) atoms. The van der Waals surface area contributed by atoms with Gasteiger partial charge in [-0.05, 0) is 18.6 Å². The number of carbonyl (C=O) groups excluding carboxylic acids is 2. The van der Waals surface area contributed by atoms with Gasteiger partial charge in [-0.25, -0.2) is 8.78 Å². The lowest BCUT2D eigenvalue weighted by atomic mass is 10.1. The van der Waals surface area contributed by atoms with E-state index in [1.54, 1.807) is 7.05 Å². The van der Waals surface area contributed by atoms with E-state index in [1.807, 2.05) is 9.80 Å². The number of imide groups is 1. The predicted molar refractivity (Wildman–Crippen MR) is 117 cm³/mol. The number of piperidine rings is 1.